The molecule has 4 heteroatoms. The van der Waals surface area contributed by atoms with Gasteiger partial charge in [0.05, 0.1) is 12.1 Å². The molecule has 0 heterocycles. The normalized spacial score (nSPS) is 22.9. The molecule has 1 saturated carbocycles. The lowest BCUT2D eigenvalue weighted by Crippen LogP contribution is -2.41. The van der Waals surface area contributed by atoms with Crippen LogP contribution in [0.1, 0.15) is 18.9 Å². The van der Waals surface area contributed by atoms with Crippen LogP contribution in [0.3, 0.4) is 0 Å². The summed E-state index contributed by atoms with van der Waals surface area (Å²) in [5.74, 6) is 0.0240. The molecule has 1 aliphatic rings. The van der Waals surface area contributed by atoms with Crippen LogP contribution in [0.25, 0.3) is 0 Å². The molecule has 0 bridgehead atoms. The van der Waals surface area contributed by atoms with Gasteiger partial charge >= 0.3 is 0 Å². The Hall–Kier alpha value is -1.39. The van der Waals surface area contributed by atoms with Gasteiger partial charge < -0.3 is 14.4 Å². The van der Waals surface area contributed by atoms with Gasteiger partial charge in [-0.25, -0.2) is 0 Å². The van der Waals surface area contributed by atoms with E-state index < -0.39 is 6.10 Å². The average molecular weight is 263 g/mol. The van der Waals surface area contributed by atoms with E-state index in [1.165, 1.54) is 0 Å². The van der Waals surface area contributed by atoms with Crippen molar-refractivity contribution in [1.82, 2.24) is 4.90 Å². The largest absolute Gasteiger partial charge is 0.379 e. The number of rotatable bonds is 6. The lowest BCUT2D eigenvalue weighted by molar-refractivity contribution is -0.142. The van der Waals surface area contributed by atoms with Crippen LogP contribution in [-0.4, -0.2) is 43.3 Å². The molecular formula is C15H21NO3. The fourth-order valence-corrected chi connectivity index (χ4v) is 2.21. The first-order valence-electron chi connectivity index (χ1n) is 6.57. The standard InChI is InChI=1S/C15H21NO3/c1-11(18-2)15(17)16(13-9-14(13)19-3)10-12-7-5-4-6-8-12/h4-8,11,13-14H,9-10H2,1-3H3. The van der Waals surface area contributed by atoms with Gasteiger partial charge in [-0.2, -0.15) is 0 Å². The van der Waals surface area contributed by atoms with Crippen molar-refractivity contribution in [2.45, 2.75) is 38.1 Å². The number of amides is 1. The van der Waals surface area contributed by atoms with Crippen molar-refractivity contribution in [2.75, 3.05) is 14.2 Å². The van der Waals surface area contributed by atoms with E-state index in [2.05, 4.69) is 0 Å². The third-order valence-electron chi connectivity index (χ3n) is 3.58. The Morgan fingerprint density at radius 2 is 2.05 bits per heavy atom. The van der Waals surface area contributed by atoms with Crippen molar-refractivity contribution in [3.8, 4) is 0 Å². The van der Waals surface area contributed by atoms with Gasteiger partial charge in [0.2, 0.25) is 0 Å². The summed E-state index contributed by atoms with van der Waals surface area (Å²) in [7, 11) is 3.25. The van der Waals surface area contributed by atoms with E-state index in [1.54, 1.807) is 21.1 Å². The van der Waals surface area contributed by atoms with E-state index in [9.17, 15) is 4.79 Å². The first kappa shape index (κ1) is 14.0. The van der Waals surface area contributed by atoms with E-state index in [0.29, 0.717) is 6.54 Å². The highest BCUT2D eigenvalue weighted by Gasteiger charge is 2.45. The van der Waals surface area contributed by atoms with Gasteiger partial charge in [-0.3, -0.25) is 4.79 Å². The van der Waals surface area contributed by atoms with Crippen molar-refractivity contribution in [3.63, 3.8) is 0 Å². The first-order chi connectivity index (χ1) is 9.17. The molecule has 1 fully saturated rings. The lowest BCUT2D eigenvalue weighted by Gasteiger charge is -2.25. The first-order valence-corrected chi connectivity index (χ1v) is 6.57. The third kappa shape index (κ3) is 3.33. The van der Waals surface area contributed by atoms with Gasteiger partial charge in [-0.05, 0) is 18.9 Å². The Labute approximate surface area is 114 Å². The van der Waals surface area contributed by atoms with Crippen LogP contribution in [-0.2, 0) is 20.8 Å². The molecule has 1 aromatic rings. The predicted molar refractivity (Wildman–Crippen MR) is 72.7 cm³/mol. The SMILES string of the molecule is COC(C)C(=O)N(Cc1ccccc1)C1CC1OC. The molecule has 0 N–H and O–H groups in total. The van der Waals surface area contributed by atoms with Gasteiger partial charge in [0.1, 0.15) is 6.10 Å². The van der Waals surface area contributed by atoms with Crippen LogP contribution in [0, 0.1) is 0 Å². The van der Waals surface area contributed by atoms with E-state index in [4.69, 9.17) is 9.47 Å². The van der Waals surface area contributed by atoms with Crippen LogP contribution in [0.15, 0.2) is 30.3 Å². The maximum absolute atomic E-state index is 12.4. The Balaban J connectivity index is 2.09. The summed E-state index contributed by atoms with van der Waals surface area (Å²) < 4.78 is 10.5. The quantitative estimate of drug-likeness (QED) is 0.786. The molecular weight excluding hydrogens is 242 g/mol. The Morgan fingerprint density at radius 1 is 1.37 bits per heavy atom. The zero-order valence-corrected chi connectivity index (χ0v) is 11.7. The highest BCUT2D eigenvalue weighted by Crippen LogP contribution is 2.32. The number of carbonyl (C=O) groups is 1. The summed E-state index contributed by atoms with van der Waals surface area (Å²) in [5, 5.41) is 0. The Kier molecular flexibility index (Phi) is 4.56. The van der Waals surface area contributed by atoms with Gasteiger partial charge in [0, 0.05) is 20.8 Å². The van der Waals surface area contributed by atoms with Crippen molar-refractivity contribution in [1.29, 1.82) is 0 Å². The molecule has 1 amide bonds. The van der Waals surface area contributed by atoms with Crippen LogP contribution in [0.4, 0.5) is 0 Å². The van der Waals surface area contributed by atoms with Gasteiger partial charge in [-0.1, -0.05) is 30.3 Å². The van der Waals surface area contributed by atoms with E-state index in [0.717, 1.165) is 12.0 Å². The minimum atomic E-state index is -0.415. The van der Waals surface area contributed by atoms with Crippen LogP contribution >= 0.6 is 0 Å². The molecule has 1 aliphatic carbocycles. The predicted octanol–water partition coefficient (Wildman–Crippen LogP) is 1.84. The molecule has 3 atom stereocenters. The summed E-state index contributed by atoms with van der Waals surface area (Å²) in [6, 6.07) is 10.2. The number of benzene rings is 1. The fraction of sp³-hybridized carbons (Fsp3) is 0.533. The maximum atomic E-state index is 12.4. The van der Waals surface area contributed by atoms with Crippen molar-refractivity contribution < 1.29 is 14.3 Å². The van der Waals surface area contributed by atoms with Gasteiger partial charge in [0.25, 0.3) is 5.91 Å². The fourth-order valence-electron chi connectivity index (χ4n) is 2.21. The molecule has 3 unspecified atom stereocenters. The lowest BCUT2D eigenvalue weighted by atomic mass is 10.2. The zero-order chi connectivity index (χ0) is 13.8. The van der Waals surface area contributed by atoms with E-state index in [-0.39, 0.29) is 18.1 Å². The number of methoxy groups -OCH3 is 2. The number of hydrogen-bond donors (Lipinski definition) is 0. The highest BCUT2D eigenvalue weighted by molar-refractivity contribution is 5.81. The Morgan fingerprint density at radius 3 is 2.58 bits per heavy atom. The maximum Gasteiger partial charge on any atom is 0.252 e. The van der Waals surface area contributed by atoms with E-state index >= 15 is 0 Å². The van der Waals surface area contributed by atoms with Crippen LogP contribution in [0.5, 0.6) is 0 Å². The minimum absolute atomic E-state index is 0.0240. The smallest absolute Gasteiger partial charge is 0.252 e. The summed E-state index contributed by atoms with van der Waals surface area (Å²) in [6.07, 6.45) is 0.657. The second kappa shape index (κ2) is 6.17. The van der Waals surface area contributed by atoms with E-state index in [1.807, 2.05) is 35.2 Å². The summed E-state index contributed by atoms with van der Waals surface area (Å²) >= 11 is 0. The summed E-state index contributed by atoms with van der Waals surface area (Å²) in [4.78, 5) is 14.2. The monoisotopic (exact) mass is 263 g/mol. The Bertz CT molecular complexity index is 421. The molecule has 0 aromatic heterocycles. The molecule has 0 aliphatic heterocycles. The molecule has 104 valence electrons. The number of carbonyl (C=O) groups excluding carboxylic acids is 1. The van der Waals surface area contributed by atoms with Crippen molar-refractivity contribution in [3.05, 3.63) is 35.9 Å². The average Bonchev–Trinajstić information content (AvgIpc) is 3.23. The van der Waals surface area contributed by atoms with Gasteiger partial charge in [0.15, 0.2) is 0 Å². The third-order valence-corrected chi connectivity index (χ3v) is 3.58. The summed E-state index contributed by atoms with van der Waals surface area (Å²) in [5.41, 5.74) is 1.13. The van der Waals surface area contributed by atoms with Crippen LogP contribution < -0.4 is 0 Å². The number of hydrogen-bond acceptors (Lipinski definition) is 3. The molecule has 19 heavy (non-hydrogen) atoms. The molecule has 1 aromatic carbocycles. The van der Waals surface area contributed by atoms with Crippen molar-refractivity contribution >= 4 is 5.91 Å². The molecule has 0 saturated heterocycles. The minimum Gasteiger partial charge on any atom is -0.379 e. The highest BCUT2D eigenvalue weighted by atomic mass is 16.5. The topological polar surface area (TPSA) is 38.8 Å². The second-order valence-electron chi connectivity index (χ2n) is 4.91. The molecule has 0 spiro atoms. The van der Waals surface area contributed by atoms with Gasteiger partial charge in [-0.15, -0.1) is 0 Å². The number of ether oxygens (including phenoxy) is 2. The van der Waals surface area contributed by atoms with Crippen molar-refractivity contribution in [2.24, 2.45) is 0 Å². The van der Waals surface area contributed by atoms with Crippen LogP contribution in [0.2, 0.25) is 0 Å². The molecule has 4 nitrogen and oxygen atoms in total. The summed E-state index contributed by atoms with van der Waals surface area (Å²) in [6.45, 7) is 2.39. The molecule has 2 rings (SSSR count). The zero-order valence-electron chi connectivity index (χ0n) is 11.7. The number of nitrogens with zero attached hydrogens (tertiary/aromatic N) is 1. The molecule has 0 radical (unpaired) electrons. The second-order valence-corrected chi connectivity index (χ2v) is 4.91.